The Labute approximate surface area is 317 Å². The van der Waals surface area contributed by atoms with Gasteiger partial charge in [-0.3, -0.25) is 0 Å². The van der Waals surface area contributed by atoms with E-state index in [9.17, 15) is 5.26 Å². The number of fused-ring (bicyclic) bond motifs is 9. The summed E-state index contributed by atoms with van der Waals surface area (Å²) in [6, 6.07) is 57.0. The van der Waals surface area contributed by atoms with Crippen LogP contribution in [-0.2, 0) is 5.41 Å². The molecule has 0 radical (unpaired) electrons. The van der Waals surface area contributed by atoms with E-state index in [2.05, 4.69) is 115 Å². The Balaban J connectivity index is 1.13. The maximum atomic E-state index is 10.4. The number of rotatable bonds is 4. The highest BCUT2D eigenvalue weighted by atomic mass is 16.3. The lowest BCUT2D eigenvalue weighted by Gasteiger charge is -2.21. The average Bonchev–Trinajstić information content (AvgIpc) is 3.85. The summed E-state index contributed by atoms with van der Waals surface area (Å²) in [5.74, 6) is 0.527. The van der Waals surface area contributed by atoms with Crippen LogP contribution < -0.4 is 0 Å². The van der Waals surface area contributed by atoms with Crippen LogP contribution >= 0.6 is 0 Å². The minimum absolute atomic E-state index is 0.128. The van der Waals surface area contributed by atoms with Crippen molar-refractivity contribution < 1.29 is 4.42 Å². The summed E-state index contributed by atoms with van der Waals surface area (Å²) in [6.07, 6.45) is 0. The highest BCUT2D eigenvalue weighted by Crippen LogP contribution is 2.51. The number of aromatic nitrogens is 3. The van der Waals surface area contributed by atoms with Crippen LogP contribution in [0, 0.1) is 11.3 Å². The predicted octanol–water partition coefficient (Wildman–Crippen LogP) is 12.7. The molecule has 1 aliphatic carbocycles. The Kier molecular flexibility index (Phi) is 6.59. The van der Waals surface area contributed by atoms with Crippen LogP contribution in [0.15, 0.2) is 162 Å². The van der Waals surface area contributed by atoms with Crippen LogP contribution in [-0.4, -0.2) is 14.5 Å². The molecule has 3 aromatic heterocycles. The lowest BCUT2D eigenvalue weighted by molar-refractivity contribution is 0.660. The van der Waals surface area contributed by atoms with E-state index in [0.29, 0.717) is 22.8 Å². The van der Waals surface area contributed by atoms with Crippen LogP contribution in [0.5, 0.6) is 0 Å². The van der Waals surface area contributed by atoms with Crippen molar-refractivity contribution in [3.8, 4) is 56.8 Å². The first kappa shape index (κ1) is 31.3. The molecule has 7 aromatic carbocycles. The summed E-state index contributed by atoms with van der Waals surface area (Å²) >= 11 is 0. The summed E-state index contributed by atoms with van der Waals surface area (Å²) < 4.78 is 9.27. The molecule has 0 saturated heterocycles. The molecule has 0 fully saturated rings. The molecule has 0 bridgehead atoms. The van der Waals surface area contributed by atoms with E-state index in [1.165, 1.54) is 33.0 Å². The normalized spacial score (nSPS) is 13.0. The summed E-state index contributed by atoms with van der Waals surface area (Å²) in [5, 5.41) is 14.9. The van der Waals surface area contributed by atoms with Crippen molar-refractivity contribution in [1.82, 2.24) is 14.5 Å². The third-order valence-electron chi connectivity index (χ3n) is 11.5. The molecule has 10 aromatic rings. The van der Waals surface area contributed by atoms with E-state index < -0.39 is 0 Å². The molecule has 0 spiro atoms. The lowest BCUT2D eigenvalue weighted by atomic mass is 9.82. The molecule has 0 atom stereocenters. The number of nitriles is 1. The quantitative estimate of drug-likeness (QED) is 0.183. The Morgan fingerprint density at radius 3 is 1.96 bits per heavy atom. The molecule has 0 saturated carbocycles. The topological polar surface area (TPSA) is 67.6 Å². The minimum Gasteiger partial charge on any atom is -0.454 e. The Morgan fingerprint density at radius 2 is 1.22 bits per heavy atom. The maximum absolute atomic E-state index is 10.4. The van der Waals surface area contributed by atoms with Crippen molar-refractivity contribution in [2.24, 2.45) is 0 Å². The van der Waals surface area contributed by atoms with Gasteiger partial charge in [-0.05, 0) is 58.7 Å². The smallest absolute Gasteiger partial charge is 0.160 e. The molecule has 258 valence electrons. The van der Waals surface area contributed by atoms with Gasteiger partial charge < -0.3 is 8.98 Å². The van der Waals surface area contributed by atoms with Gasteiger partial charge in [-0.1, -0.05) is 135 Å². The fourth-order valence-corrected chi connectivity index (χ4v) is 8.83. The van der Waals surface area contributed by atoms with E-state index in [1.54, 1.807) is 0 Å². The number of furan rings is 1. The number of hydrogen-bond acceptors (Lipinski definition) is 4. The third kappa shape index (κ3) is 4.52. The lowest BCUT2D eigenvalue weighted by Crippen LogP contribution is -2.14. The zero-order chi connectivity index (χ0) is 36.8. The van der Waals surface area contributed by atoms with Crippen molar-refractivity contribution in [3.05, 3.63) is 174 Å². The van der Waals surface area contributed by atoms with Gasteiger partial charge in [-0.2, -0.15) is 5.26 Å². The molecule has 3 heterocycles. The van der Waals surface area contributed by atoms with Gasteiger partial charge in [0.15, 0.2) is 11.4 Å². The van der Waals surface area contributed by atoms with E-state index in [1.807, 2.05) is 66.7 Å². The number of hydrogen-bond donors (Lipinski definition) is 0. The SMILES string of the molecule is CC1(C)c2ccccc2-c2cc3c4ccccc4n(-c4cccc5c4oc4cc(-c6nc(-c7ccccc7)c(C#N)c(-c7ccccc7)n6)ccc45)c3cc21. The second-order valence-electron chi connectivity index (χ2n) is 14.9. The van der Waals surface area contributed by atoms with Crippen LogP contribution in [0.1, 0.15) is 30.5 Å². The molecule has 0 amide bonds. The first-order valence-corrected chi connectivity index (χ1v) is 18.6. The number of para-hydroxylation sites is 2. The molecule has 11 rings (SSSR count). The summed E-state index contributed by atoms with van der Waals surface area (Å²) in [5.41, 5.74) is 14.2. The van der Waals surface area contributed by atoms with Gasteiger partial charge in [0.2, 0.25) is 0 Å². The molecule has 55 heavy (non-hydrogen) atoms. The van der Waals surface area contributed by atoms with Gasteiger partial charge in [0, 0.05) is 43.7 Å². The molecule has 5 nitrogen and oxygen atoms in total. The molecular weight excluding hydrogens is 673 g/mol. The van der Waals surface area contributed by atoms with E-state index in [4.69, 9.17) is 14.4 Å². The zero-order valence-corrected chi connectivity index (χ0v) is 30.2. The minimum atomic E-state index is -0.128. The van der Waals surface area contributed by atoms with Gasteiger partial charge in [-0.25, -0.2) is 9.97 Å². The number of nitrogens with zero attached hydrogens (tertiary/aromatic N) is 4. The summed E-state index contributed by atoms with van der Waals surface area (Å²) in [7, 11) is 0. The fourth-order valence-electron chi connectivity index (χ4n) is 8.83. The van der Waals surface area contributed by atoms with E-state index in [-0.39, 0.29) is 5.41 Å². The standard InChI is InChI=1S/C50H32N4O/c1-50(2)40-21-11-9-18-33(40)37-27-38-34-19-10-12-22-42(34)54(44(38)28-41(37)50)43-23-13-20-36-35-25-24-32(26-45(35)55-48(36)43)49-52-46(30-14-5-3-6-15-30)39(29-51)47(53-49)31-16-7-4-8-17-31/h3-28H,1-2H3. The fraction of sp³-hybridized carbons (Fsp3) is 0.0600. The van der Waals surface area contributed by atoms with Gasteiger partial charge in [0.25, 0.3) is 0 Å². The Bertz CT molecular complexity index is 3180. The summed E-state index contributed by atoms with van der Waals surface area (Å²) in [6.45, 7) is 4.66. The first-order valence-electron chi connectivity index (χ1n) is 18.6. The average molecular weight is 705 g/mol. The van der Waals surface area contributed by atoms with Crippen molar-refractivity contribution in [2.45, 2.75) is 19.3 Å². The van der Waals surface area contributed by atoms with E-state index >= 15 is 0 Å². The van der Waals surface area contributed by atoms with Gasteiger partial charge in [-0.15, -0.1) is 0 Å². The Hall–Kier alpha value is -7.29. The molecule has 0 N–H and O–H groups in total. The largest absolute Gasteiger partial charge is 0.454 e. The van der Waals surface area contributed by atoms with Crippen LogP contribution in [0.3, 0.4) is 0 Å². The monoisotopic (exact) mass is 704 g/mol. The van der Waals surface area contributed by atoms with Crippen molar-refractivity contribution >= 4 is 43.7 Å². The van der Waals surface area contributed by atoms with Gasteiger partial charge in [0.05, 0.1) is 28.1 Å². The summed E-state index contributed by atoms with van der Waals surface area (Å²) in [4.78, 5) is 10.1. The van der Waals surface area contributed by atoms with Gasteiger partial charge >= 0.3 is 0 Å². The highest BCUT2D eigenvalue weighted by molar-refractivity contribution is 6.14. The zero-order valence-electron chi connectivity index (χ0n) is 30.2. The van der Waals surface area contributed by atoms with Crippen molar-refractivity contribution in [1.29, 1.82) is 5.26 Å². The molecule has 5 heteroatoms. The van der Waals surface area contributed by atoms with E-state index in [0.717, 1.165) is 55.3 Å². The van der Waals surface area contributed by atoms with Crippen molar-refractivity contribution in [2.75, 3.05) is 0 Å². The second-order valence-corrected chi connectivity index (χ2v) is 14.9. The number of benzene rings is 7. The van der Waals surface area contributed by atoms with Crippen LogP contribution in [0.4, 0.5) is 0 Å². The maximum Gasteiger partial charge on any atom is 0.160 e. The molecule has 0 aliphatic heterocycles. The van der Waals surface area contributed by atoms with Crippen LogP contribution in [0.25, 0.3) is 94.5 Å². The Morgan fingerprint density at radius 1 is 0.545 bits per heavy atom. The molecule has 0 unspecified atom stereocenters. The van der Waals surface area contributed by atoms with Crippen molar-refractivity contribution in [3.63, 3.8) is 0 Å². The third-order valence-corrected chi connectivity index (χ3v) is 11.5. The predicted molar refractivity (Wildman–Crippen MR) is 222 cm³/mol. The molecule has 1 aliphatic rings. The van der Waals surface area contributed by atoms with Gasteiger partial charge in [0.1, 0.15) is 17.2 Å². The molecular formula is C50H32N4O. The second kappa shape index (κ2) is 11.6. The van der Waals surface area contributed by atoms with Crippen LogP contribution in [0.2, 0.25) is 0 Å². The first-order chi connectivity index (χ1) is 27.0. The highest BCUT2D eigenvalue weighted by Gasteiger charge is 2.36.